The molecule has 0 aliphatic heterocycles. The van der Waals surface area contributed by atoms with Gasteiger partial charge in [-0.25, -0.2) is 13.2 Å². The molecule has 0 spiro atoms. The number of aromatic hydroxyl groups is 1. The molecule has 134 valence electrons. The van der Waals surface area contributed by atoms with Gasteiger partial charge in [0.1, 0.15) is 17.1 Å². The van der Waals surface area contributed by atoms with Crippen molar-refractivity contribution in [1.29, 1.82) is 0 Å². The first-order valence-corrected chi connectivity index (χ1v) is 9.32. The van der Waals surface area contributed by atoms with Crippen molar-refractivity contribution in [3.05, 3.63) is 52.5 Å². The number of carboxylic acid groups (broad SMARTS) is 1. The lowest BCUT2D eigenvalue weighted by atomic mass is 10.2. The summed E-state index contributed by atoms with van der Waals surface area (Å²) >= 11 is 6.00. The minimum Gasteiger partial charge on any atom is -0.507 e. The minimum absolute atomic E-state index is 0.0290. The Morgan fingerprint density at radius 1 is 1.24 bits per heavy atom. The van der Waals surface area contributed by atoms with Crippen LogP contribution in [-0.2, 0) is 9.84 Å². The second-order valence-electron chi connectivity index (χ2n) is 5.40. The number of rotatable bonds is 6. The predicted octanol–water partition coefficient (Wildman–Crippen LogP) is 3.64. The van der Waals surface area contributed by atoms with E-state index in [4.69, 9.17) is 21.4 Å². The van der Waals surface area contributed by atoms with Gasteiger partial charge in [-0.2, -0.15) is 0 Å². The number of phenols is 1. The summed E-state index contributed by atoms with van der Waals surface area (Å²) in [5, 5.41) is 18.9. The molecule has 1 unspecified atom stereocenters. The molecule has 8 heteroatoms. The van der Waals surface area contributed by atoms with Gasteiger partial charge in [-0.1, -0.05) is 24.6 Å². The number of aryl methyl sites for hydroxylation is 1. The van der Waals surface area contributed by atoms with Crippen molar-refractivity contribution in [2.24, 2.45) is 0 Å². The van der Waals surface area contributed by atoms with Crippen LogP contribution in [0.4, 0.5) is 0 Å². The maximum atomic E-state index is 12.8. The zero-order valence-electron chi connectivity index (χ0n) is 13.6. The van der Waals surface area contributed by atoms with E-state index < -0.39 is 27.0 Å². The highest BCUT2D eigenvalue weighted by molar-refractivity contribution is 7.92. The van der Waals surface area contributed by atoms with E-state index in [1.54, 1.807) is 19.9 Å². The van der Waals surface area contributed by atoms with Gasteiger partial charge in [0.25, 0.3) is 0 Å². The summed E-state index contributed by atoms with van der Waals surface area (Å²) in [6, 6.07) is 7.94. The topological polar surface area (TPSA) is 101 Å². The van der Waals surface area contributed by atoms with E-state index in [9.17, 15) is 18.3 Å². The number of carboxylic acids is 1. The Kier molecular flexibility index (Phi) is 5.59. The fourth-order valence-electron chi connectivity index (χ4n) is 2.19. The van der Waals surface area contributed by atoms with E-state index in [1.807, 2.05) is 0 Å². The number of carbonyl (C=O) groups is 1. The number of hydrogen-bond acceptors (Lipinski definition) is 5. The molecule has 0 aliphatic carbocycles. The molecular formula is C17H17ClO6S. The smallest absolute Gasteiger partial charge is 0.339 e. The Labute approximate surface area is 150 Å². The quantitative estimate of drug-likeness (QED) is 0.788. The first-order valence-electron chi connectivity index (χ1n) is 7.39. The van der Waals surface area contributed by atoms with Gasteiger partial charge in [0.2, 0.25) is 15.3 Å². The standard InChI is InChI=1S/C17H17ClO6S/c1-3-16(24-11-5-7-13(17(20)21)15(19)8-11)25(22,23)12-6-4-10(2)14(18)9-12/h4-9,16,19H,3H2,1-2H3,(H,20,21). The molecule has 0 fully saturated rings. The van der Waals surface area contributed by atoms with Crippen LogP contribution in [0.25, 0.3) is 0 Å². The van der Waals surface area contributed by atoms with Crippen molar-refractivity contribution in [2.45, 2.75) is 30.6 Å². The van der Waals surface area contributed by atoms with Gasteiger partial charge >= 0.3 is 5.97 Å². The maximum absolute atomic E-state index is 12.8. The third-order valence-corrected chi connectivity index (χ3v) is 6.06. The van der Waals surface area contributed by atoms with Gasteiger partial charge in [-0.05, 0) is 43.2 Å². The lowest BCUT2D eigenvalue weighted by Crippen LogP contribution is -2.27. The maximum Gasteiger partial charge on any atom is 0.339 e. The molecule has 2 aromatic carbocycles. The zero-order valence-corrected chi connectivity index (χ0v) is 15.1. The van der Waals surface area contributed by atoms with Crippen LogP contribution >= 0.6 is 11.6 Å². The molecule has 0 heterocycles. The van der Waals surface area contributed by atoms with Crippen LogP contribution < -0.4 is 4.74 Å². The molecule has 0 aliphatic rings. The molecule has 2 rings (SSSR count). The van der Waals surface area contributed by atoms with Crippen molar-refractivity contribution in [3.63, 3.8) is 0 Å². The lowest BCUT2D eigenvalue weighted by molar-refractivity contribution is 0.0693. The van der Waals surface area contributed by atoms with Gasteiger partial charge in [-0.15, -0.1) is 0 Å². The summed E-state index contributed by atoms with van der Waals surface area (Å²) in [6.45, 7) is 3.41. The number of ether oxygens (including phenoxy) is 1. The largest absolute Gasteiger partial charge is 0.507 e. The summed E-state index contributed by atoms with van der Waals surface area (Å²) in [6.07, 6.45) is 0.148. The molecule has 0 radical (unpaired) electrons. The fraction of sp³-hybridized carbons (Fsp3) is 0.235. The normalized spacial score (nSPS) is 12.6. The highest BCUT2D eigenvalue weighted by Gasteiger charge is 2.28. The molecular weight excluding hydrogens is 368 g/mol. The number of sulfone groups is 1. The van der Waals surface area contributed by atoms with E-state index in [-0.39, 0.29) is 22.6 Å². The van der Waals surface area contributed by atoms with Crippen LogP contribution in [0.2, 0.25) is 5.02 Å². The minimum atomic E-state index is -3.83. The van der Waals surface area contributed by atoms with E-state index in [0.29, 0.717) is 5.02 Å². The summed E-state index contributed by atoms with van der Waals surface area (Å²) < 4.78 is 31.0. The van der Waals surface area contributed by atoms with E-state index in [1.165, 1.54) is 18.2 Å². The summed E-state index contributed by atoms with van der Waals surface area (Å²) in [5.74, 6) is -1.75. The monoisotopic (exact) mass is 384 g/mol. The average Bonchev–Trinajstić information content (AvgIpc) is 2.54. The first kappa shape index (κ1) is 19.1. The van der Waals surface area contributed by atoms with Crippen molar-refractivity contribution in [3.8, 4) is 11.5 Å². The number of halogens is 1. The Balaban J connectivity index is 2.34. The van der Waals surface area contributed by atoms with Gasteiger partial charge < -0.3 is 14.9 Å². The third kappa shape index (κ3) is 4.05. The highest BCUT2D eigenvalue weighted by Crippen LogP contribution is 2.29. The van der Waals surface area contributed by atoms with Crippen molar-refractivity contribution >= 4 is 27.4 Å². The zero-order chi connectivity index (χ0) is 18.8. The molecule has 0 saturated heterocycles. The van der Waals surface area contributed by atoms with Crippen molar-refractivity contribution < 1.29 is 28.2 Å². The molecule has 0 aromatic heterocycles. The van der Waals surface area contributed by atoms with Crippen LogP contribution in [0, 0.1) is 6.92 Å². The van der Waals surface area contributed by atoms with E-state index >= 15 is 0 Å². The summed E-state index contributed by atoms with van der Waals surface area (Å²) in [4.78, 5) is 10.9. The summed E-state index contributed by atoms with van der Waals surface area (Å²) in [7, 11) is -3.83. The third-order valence-electron chi connectivity index (χ3n) is 3.62. The molecule has 6 nitrogen and oxygen atoms in total. The second-order valence-corrected chi connectivity index (χ2v) is 7.89. The van der Waals surface area contributed by atoms with Crippen LogP contribution in [0.3, 0.4) is 0 Å². The molecule has 1 atom stereocenters. The van der Waals surface area contributed by atoms with Gasteiger partial charge in [-0.3, -0.25) is 0 Å². The number of benzene rings is 2. The highest BCUT2D eigenvalue weighted by atomic mass is 35.5. The summed E-state index contributed by atoms with van der Waals surface area (Å²) in [5.41, 5.74) is -0.751. The predicted molar refractivity (Wildman–Crippen MR) is 93.1 cm³/mol. The number of aromatic carboxylic acids is 1. The lowest BCUT2D eigenvalue weighted by Gasteiger charge is -2.19. The van der Waals surface area contributed by atoms with Gasteiger partial charge in [0.15, 0.2) is 0 Å². The molecule has 0 amide bonds. The van der Waals surface area contributed by atoms with Crippen LogP contribution in [-0.4, -0.2) is 30.0 Å². The van der Waals surface area contributed by atoms with Crippen molar-refractivity contribution in [2.75, 3.05) is 0 Å². The molecule has 2 aromatic rings. The van der Waals surface area contributed by atoms with Gasteiger partial charge in [0, 0.05) is 11.1 Å². The molecule has 2 N–H and O–H groups in total. The van der Waals surface area contributed by atoms with E-state index in [2.05, 4.69) is 0 Å². The molecule has 0 saturated carbocycles. The Hall–Kier alpha value is -2.25. The Morgan fingerprint density at radius 3 is 2.44 bits per heavy atom. The van der Waals surface area contributed by atoms with Crippen LogP contribution in [0.15, 0.2) is 41.3 Å². The SMILES string of the molecule is CCC(Oc1ccc(C(=O)O)c(O)c1)S(=O)(=O)c1ccc(C)c(Cl)c1. The average molecular weight is 385 g/mol. The molecule has 0 bridgehead atoms. The number of hydrogen-bond donors (Lipinski definition) is 2. The molecule has 25 heavy (non-hydrogen) atoms. The first-order chi connectivity index (χ1) is 11.7. The van der Waals surface area contributed by atoms with Crippen LogP contribution in [0.5, 0.6) is 11.5 Å². The second kappa shape index (κ2) is 7.33. The van der Waals surface area contributed by atoms with Crippen molar-refractivity contribution in [1.82, 2.24) is 0 Å². The fourth-order valence-corrected chi connectivity index (χ4v) is 3.95. The van der Waals surface area contributed by atoms with E-state index in [0.717, 1.165) is 17.7 Å². The Bertz CT molecular complexity index is 907. The Morgan fingerprint density at radius 2 is 1.92 bits per heavy atom. The van der Waals surface area contributed by atoms with Gasteiger partial charge in [0.05, 0.1) is 4.90 Å². The van der Waals surface area contributed by atoms with Crippen LogP contribution in [0.1, 0.15) is 29.3 Å².